The molecule has 1 aliphatic heterocycles. The van der Waals surface area contributed by atoms with E-state index in [4.69, 9.17) is 0 Å². The van der Waals surface area contributed by atoms with Crippen molar-refractivity contribution in [1.82, 2.24) is 14.9 Å². The van der Waals surface area contributed by atoms with Gasteiger partial charge in [-0.1, -0.05) is 32.0 Å². The lowest BCUT2D eigenvalue weighted by atomic mass is 10.0. The number of alkyl halides is 3. The van der Waals surface area contributed by atoms with Gasteiger partial charge in [-0.25, -0.2) is 18.4 Å². The minimum atomic E-state index is -4.79. The summed E-state index contributed by atoms with van der Waals surface area (Å²) in [5, 5.41) is 3.32. The number of hydrogen-bond acceptors (Lipinski definition) is 8. The molecular weight excluding hydrogens is 529 g/mol. The molecule has 37 heavy (non-hydrogen) atoms. The van der Waals surface area contributed by atoms with Gasteiger partial charge in [0.2, 0.25) is 11.8 Å². The van der Waals surface area contributed by atoms with Gasteiger partial charge in [0.15, 0.2) is 15.0 Å². The maximum atomic E-state index is 12.6. The Labute approximate surface area is 216 Å². The van der Waals surface area contributed by atoms with Gasteiger partial charge in [-0.05, 0) is 29.2 Å². The van der Waals surface area contributed by atoms with Gasteiger partial charge in [0, 0.05) is 36.5 Å². The van der Waals surface area contributed by atoms with E-state index in [1.165, 1.54) is 35.7 Å². The van der Waals surface area contributed by atoms with Crippen LogP contribution in [0.1, 0.15) is 41.6 Å². The van der Waals surface area contributed by atoms with Crippen LogP contribution in [0, 0.1) is 5.92 Å². The topological polar surface area (TPSA) is 101 Å². The van der Waals surface area contributed by atoms with Crippen LogP contribution in [-0.2, 0) is 34.1 Å². The highest BCUT2D eigenvalue weighted by atomic mass is 32.2. The second kappa shape index (κ2) is 10.4. The van der Waals surface area contributed by atoms with Gasteiger partial charge < -0.3 is 10.1 Å². The minimum absolute atomic E-state index is 0.0356. The monoisotopic (exact) mass is 554 g/mol. The smallest absolute Gasteiger partial charge is 0.388 e. The number of benzene rings is 1. The Bertz CT molecular complexity index is 1370. The van der Waals surface area contributed by atoms with Crippen molar-refractivity contribution in [3.63, 3.8) is 0 Å². The van der Waals surface area contributed by atoms with E-state index in [9.17, 15) is 26.4 Å². The number of anilines is 1. The van der Waals surface area contributed by atoms with Gasteiger partial charge in [0.05, 0.1) is 23.1 Å². The van der Waals surface area contributed by atoms with E-state index in [2.05, 4.69) is 38.8 Å². The largest absolute Gasteiger partial charge is 0.574 e. The predicted molar refractivity (Wildman–Crippen MR) is 132 cm³/mol. The lowest BCUT2D eigenvalue weighted by Gasteiger charge is -2.27. The first kappa shape index (κ1) is 27.0. The first-order valence-electron chi connectivity index (χ1n) is 11.3. The summed E-state index contributed by atoms with van der Waals surface area (Å²) in [4.78, 5) is 24.4. The average Bonchev–Trinajstić information content (AvgIpc) is 3.30. The highest BCUT2D eigenvalue weighted by Crippen LogP contribution is 2.43. The lowest BCUT2D eigenvalue weighted by Crippen LogP contribution is -2.26. The zero-order chi connectivity index (χ0) is 27.0. The van der Waals surface area contributed by atoms with E-state index in [1.54, 1.807) is 18.2 Å². The van der Waals surface area contributed by atoms with Crippen molar-refractivity contribution < 1.29 is 31.1 Å². The Kier molecular flexibility index (Phi) is 7.58. The van der Waals surface area contributed by atoms with Crippen LogP contribution in [0.25, 0.3) is 0 Å². The molecule has 0 saturated heterocycles. The van der Waals surface area contributed by atoms with Crippen LogP contribution in [0.2, 0.25) is 0 Å². The summed E-state index contributed by atoms with van der Waals surface area (Å²) in [5.74, 6) is -0.573. The normalized spacial score (nSPS) is 16.1. The number of carbonyl (C=O) groups is 1. The zero-order valence-electron chi connectivity index (χ0n) is 20.2. The summed E-state index contributed by atoms with van der Waals surface area (Å²) < 4.78 is 64.2. The molecule has 3 heterocycles. The molecule has 2 aromatic heterocycles. The summed E-state index contributed by atoms with van der Waals surface area (Å²) in [6.07, 6.45) is -2.22. The number of ether oxygens (including phenoxy) is 1. The molecule has 1 aromatic carbocycles. The number of halogens is 3. The van der Waals surface area contributed by atoms with Crippen molar-refractivity contribution in [1.29, 1.82) is 0 Å². The molecule has 1 N–H and O–H groups in total. The molecule has 0 radical (unpaired) electrons. The zero-order valence-corrected chi connectivity index (χ0v) is 21.9. The van der Waals surface area contributed by atoms with Crippen LogP contribution in [0.5, 0.6) is 5.88 Å². The number of sulfone groups is 1. The quantitative estimate of drug-likeness (QED) is 0.429. The molecule has 8 nitrogen and oxygen atoms in total. The van der Waals surface area contributed by atoms with Crippen LogP contribution >= 0.6 is 11.3 Å². The maximum absolute atomic E-state index is 12.6. The van der Waals surface area contributed by atoms with Gasteiger partial charge in [0.25, 0.3) is 0 Å². The molecule has 0 unspecified atom stereocenters. The molecule has 0 aliphatic carbocycles. The number of aromatic nitrogens is 2. The van der Waals surface area contributed by atoms with E-state index >= 15 is 0 Å². The van der Waals surface area contributed by atoms with Crippen molar-refractivity contribution in [2.45, 2.75) is 50.7 Å². The standard InChI is InChI=1S/C24H25F3N4O4S2/c1-14(2)22-21-18(13-31(22)12-16-6-9-20(28-11-16)35-24(25,26)27)36-23(30-21)29-19(32)10-15-4-7-17(8-5-15)37(3,33)34/h4-9,11,14,22H,10,12-13H2,1-3H3,(H,29,30,32)/t22-/m1/s1. The van der Waals surface area contributed by atoms with Crippen molar-refractivity contribution in [2.24, 2.45) is 5.92 Å². The Morgan fingerprint density at radius 2 is 1.86 bits per heavy atom. The Hall–Kier alpha value is -3.03. The van der Waals surface area contributed by atoms with E-state index in [-0.39, 0.29) is 29.2 Å². The summed E-state index contributed by atoms with van der Waals surface area (Å²) >= 11 is 1.39. The summed E-state index contributed by atoms with van der Waals surface area (Å²) in [7, 11) is -3.30. The third-order valence-corrected chi connectivity index (χ3v) is 7.85. The molecule has 1 amide bonds. The van der Waals surface area contributed by atoms with Gasteiger partial charge >= 0.3 is 6.36 Å². The number of fused-ring (bicyclic) bond motifs is 1. The van der Waals surface area contributed by atoms with Gasteiger partial charge in [-0.15, -0.1) is 24.5 Å². The molecule has 198 valence electrons. The Balaban J connectivity index is 1.40. The molecule has 0 fully saturated rings. The number of hydrogen-bond donors (Lipinski definition) is 1. The number of carbonyl (C=O) groups excluding carboxylic acids is 1. The molecule has 3 aromatic rings. The summed E-state index contributed by atoms with van der Waals surface area (Å²) in [5.41, 5.74) is 2.30. The number of pyridine rings is 1. The Morgan fingerprint density at radius 3 is 2.43 bits per heavy atom. The van der Waals surface area contributed by atoms with E-state index in [1.807, 2.05) is 0 Å². The summed E-state index contributed by atoms with van der Waals surface area (Å²) in [6.45, 7) is 5.17. The average molecular weight is 555 g/mol. The molecule has 13 heteroatoms. The van der Waals surface area contributed by atoms with Crippen LogP contribution in [0.15, 0.2) is 47.5 Å². The highest BCUT2D eigenvalue weighted by molar-refractivity contribution is 7.90. The number of nitrogens with zero attached hydrogens (tertiary/aromatic N) is 3. The number of amides is 1. The van der Waals surface area contributed by atoms with Crippen molar-refractivity contribution in [3.8, 4) is 5.88 Å². The van der Waals surface area contributed by atoms with Crippen LogP contribution in [0.4, 0.5) is 18.3 Å². The van der Waals surface area contributed by atoms with Crippen molar-refractivity contribution in [3.05, 3.63) is 64.3 Å². The Morgan fingerprint density at radius 1 is 1.19 bits per heavy atom. The molecule has 0 saturated carbocycles. The van der Waals surface area contributed by atoms with Crippen LogP contribution in [-0.4, -0.2) is 41.8 Å². The molecular formula is C24H25F3N4O4S2. The first-order valence-corrected chi connectivity index (χ1v) is 14.0. The predicted octanol–water partition coefficient (Wildman–Crippen LogP) is 4.73. The van der Waals surface area contributed by atoms with Crippen LogP contribution < -0.4 is 10.1 Å². The van der Waals surface area contributed by atoms with Crippen molar-refractivity contribution >= 4 is 32.2 Å². The highest BCUT2D eigenvalue weighted by Gasteiger charge is 2.36. The third-order valence-electron chi connectivity index (χ3n) is 5.75. The fraction of sp³-hybridized carbons (Fsp3) is 0.375. The van der Waals surface area contributed by atoms with Gasteiger partial charge in [-0.2, -0.15) is 0 Å². The van der Waals surface area contributed by atoms with E-state index in [0.717, 1.165) is 22.4 Å². The van der Waals surface area contributed by atoms with E-state index in [0.29, 0.717) is 23.8 Å². The first-order chi connectivity index (χ1) is 17.3. The second-order valence-electron chi connectivity index (χ2n) is 9.11. The van der Waals surface area contributed by atoms with Gasteiger partial charge in [-0.3, -0.25) is 9.69 Å². The molecule has 0 bridgehead atoms. The third kappa shape index (κ3) is 6.84. The lowest BCUT2D eigenvalue weighted by molar-refractivity contribution is -0.276. The molecule has 1 atom stereocenters. The van der Waals surface area contributed by atoms with Crippen molar-refractivity contribution in [2.75, 3.05) is 11.6 Å². The second-order valence-corrected chi connectivity index (χ2v) is 12.2. The minimum Gasteiger partial charge on any atom is -0.388 e. The number of thiazole rings is 1. The maximum Gasteiger partial charge on any atom is 0.574 e. The number of nitrogens with one attached hydrogen (secondary N) is 1. The molecule has 4 rings (SSSR count). The van der Waals surface area contributed by atoms with Gasteiger partial charge in [0.1, 0.15) is 0 Å². The molecule has 1 aliphatic rings. The SMILES string of the molecule is CC(C)[C@@H]1c2nc(NC(=O)Cc3ccc(S(C)(=O)=O)cc3)sc2CN1Cc1ccc(OC(F)(F)F)nc1. The number of rotatable bonds is 8. The fourth-order valence-corrected chi connectivity index (χ4v) is 5.90. The van der Waals surface area contributed by atoms with E-state index < -0.39 is 22.1 Å². The molecule has 0 spiro atoms. The fourth-order valence-electron chi connectivity index (χ4n) is 4.23. The van der Waals surface area contributed by atoms with Crippen LogP contribution in [0.3, 0.4) is 0 Å². The summed E-state index contributed by atoms with van der Waals surface area (Å²) in [6, 6.07) is 8.89.